The number of aliphatic hydroxyl groups excluding tert-OH is 1. The van der Waals surface area contributed by atoms with Crippen molar-refractivity contribution in [3.63, 3.8) is 0 Å². The van der Waals surface area contributed by atoms with Crippen LogP contribution in [-0.2, 0) is 0 Å². The highest BCUT2D eigenvalue weighted by atomic mass is 16.5. The van der Waals surface area contributed by atoms with E-state index in [0.29, 0.717) is 0 Å². The van der Waals surface area contributed by atoms with E-state index < -0.39 is 11.7 Å². The van der Waals surface area contributed by atoms with Gasteiger partial charge in [0.2, 0.25) is 0 Å². The Morgan fingerprint density at radius 2 is 1.91 bits per heavy atom. The van der Waals surface area contributed by atoms with Gasteiger partial charge in [0.05, 0.1) is 6.04 Å². The molecule has 0 fully saturated rings. The van der Waals surface area contributed by atoms with E-state index in [2.05, 4.69) is 58.6 Å². The van der Waals surface area contributed by atoms with E-state index in [9.17, 15) is 5.11 Å². The minimum absolute atomic E-state index is 0.0160. The fourth-order valence-corrected chi connectivity index (χ4v) is 3.71. The number of fused-ring (bicyclic) bond motifs is 1. The molecule has 1 aliphatic rings. The van der Waals surface area contributed by atoms with Gasteiger partial charge in [0.15, 0.2) is 0 Å². The Hall–Kier alpha value is -1.06. The smallest absolute Gasteiger partial charge is 0.128 e. The van der Waals surface area contributed by atoms with Crippen molar-refractivity contribution in [1.29, 1.82) is 0 Å². The monoisotopic (exact) mass is 305 g/mol. The van der Waals surface area contributed by atoms with Gasteiger partial charge < -0.3 is 9.84 Å². The van der Waals surface area contributed by atoms with Crippen LogP contribution in [0.3, 0.4) is 0 Å². The number of unbranched alkanes of at least 4 members (excludes halogenated alkanes) is 1. The number of nitrogens with zero attached hydrogens (tertiary/aromatic N) is 1. The van der Waals surface area contributed by atoms with Crippen molar-refractivity contribution >= 4 is 0 Å². The third kappa shape index (κ3) is 3.16. The van der Waals surface area contributed by atoms with E-state index in [1.807, 2.05) is 0 Å². The molecule has 1 aromatic rings. The molecule has 0 aromatic heterocycles. The molecule has 0 aliphatic carbocycles. The van der Waals surface area contributed by atoms with Gasteiger partial charge in [-0.05, 0) is 58.8 Å². The maximum atomic E-state index is 11.1. The molecule has 0 spiro atoms. The molecular weight excluding hydrogens is 274 g/mol. The van der Waals surface area contributed by atoms with E-state index in [1.165, 1.54) is 5.56 Å². The van der Waals surface area contributed by atoms with Gasteiger partial charge in [0, 0.05) is 5.56 Å². The standard InChI is InChI=1S/C19H31NO2/c1-7-9-10-20(8-2)18-16(21)15-12-13(3)11-14(4)17(15)22-19(18,5)6/h11-12,16,18,21H,7-10H2,1-6H3. The number of hydrogen-bond donors (Lipinski definition) is 1. The minimum Gasteiger partial charge on any atom is -0.485 e. The summed E-state index contributed by atoms with van der Waals surface area (Å²) in [5, 5.41) is 11.1. The summed E-state index contributed by atoms with van der Waals surface area (Å²) >= 11 is 0. The summed E-state index contributed by atoms with van der Waals surface area (Å²) in [6.45, 7) is 14.6. The molecule has 2 unspecified atom stereocenters. The number of hydrogen-bond acceptors (Lipinski definition) is 3. The molecule has 0 bridgehead atoms. The van der Waals surface area contributed by atoms with Crippen LogP contribution in [0.25, 0.3) is 0 Å². The quantitative estimate of drug-likeness (QED) is 0.892. The van der Waals surface area contributed by atoms with Gasteiger partial charge in [0.25, 0.3) is 0 Å². The van der Waals surface area contributed by atoms with Gasteiger partial charge in [0.1, 0.15) is 17.5 Å². The van der Waals surface area contributed by atoms with E-state index >= 15 is 0 Å². The number of rotatable bonds is 5. The fourth-order valence-electron chi connectivity index (χ4n) is 3.71. The van der Waals surface area contributed by atoms with Crippen molar-refractivity contribution in [1.82, 2.24) is 4.90 Å². The second-order valence-corrected chi connectivity index (χ2v) is 7.08. The van der Waals surface area contributed by atoms with Crippen LogP contribution in [0.2, 0.25) is 0 Å². The van der Waals surface area contributed by atoms with Crippen molar-refractivity contribution in [2.45, 2.75) is 72.1 Å². The minimum atomic E-state index is -0.505. The largest absolute Gasteiger partial charge is 0.485 e. The molecule has 1 N–H and O–H groups in total. The molecule has 1 aliphatic heterocycles. The first-order valence-corrected chi connectivity index (χ1v) is 8.54. The summed E-state index contributed by atoms with van der Waals surface area (Å²) in [5.74, 6) is 0.867. The van der Waals surface area contributed by atoms with Crippen LogP contribution in [0.15, 0.2) is 12.1 Å². The highest BCUT2D eigenvalue weighted by Gasteiger charge is 2.46. The van der Waals surface area contributed by atoms with Gasteiger partial charge in [-0.25, -0.2) is 0 Å². The molecule has 22 heavy (non-hydrogen) atoms. The topological polar surface area (TPSA) is 32.7 Å². The third-order valence-corrected chi connectivity index (χ3v) is 4.74. The highest BCUT2D eigenvalue weighted by Crippen LogP contribution is 2.44. The van der Waals surface area contributed by atoms with Gasteiger partial charge in [-0.15, -0.1) is 0 Å². The van der Waals surface area contributed by atoms with Crippen molar-refractivity contribution in [3.8, 4) is 5.75 Å². The van der Waals surface area contributed by atoms with Crippen LogP contribution < -0.4 is 4.74 Å². The average molecular weight is 305 g/mol. The number of aliphatic hydroxyl groups is 1. The zero-order valence-corrected chi connectivity index (χ0v) is 14.9. The summed E-state index contributed by atoms with van der Waals surface area (Å²) in [7, 11) is 0. The lowest BCUT2D eigenvalue weighted by Gasteiger charge is -2.48. The zero-order valence-electron chi connectivity index (χ0n) is 14.9. The van der Waals surface area contributed by atoms with Crippen molar-refractivity contribution in [2.75, 3.05) is 13.1 Å². The molecule has 3 heteroatoms. The van der Waals surface area contributed by atoms with E-state index in [1.54, 1.807) is 0 Å². The SMILES string of the molecule is CCCCN(CC)C1C(O)c2cc(C)cc(C)c2OC1(C)C. The Balaban J connectivity index is 2.42. The Labute approximate surface area is 135 Å². The predicted molar refractivity (Wildman–Crippen MR) is 91.5 cm³/mol. The number of benzene rings is 1. The van der Waals surface area contributed by atoms with Gasteiger partial charge in [-0.3, -0.25) is 4.90 Å². The maximum Gasteiger partial charge on any atom is 0.128 e. The van der Waals surface area contributed by atoms with Gasteiger partial charge in [-0.1, -0.05) is 31.9 Å². The van der Waals surface area contributed by atoms with Crippen LogP contribution in [-0.4, -0.2) is 34.7 Å². The first-order valence-electron chi connectivity index (χ1n) is 8.54. The number of ether oxygens (including phenoxy) is 1. The summed E-state index contributed by atoms with van der Waals surface area (Å²) < 4.78 is 6.35. The first-order chi connectivity index (χ1) is 10.3. The van der Waals surface area contributed by atoms with Gasteiger partial charge >= 0.3 is 0 Å². The Morgan fingerprint density at radius 1 is 1.23 bits per heavy atom. The molecule has 1 heterocycles. The molecule has 0 amide bonds. The molecule has 2 atom stereocenters. The third-order valence-electron chi connectivity index (χ3n) is 4.74. The molecule has 1 aromatic carbocycles. The average Bonchev–Trinajstić information content (AvgIpc) is 2.43. The van der Waals surface area contributed by atoms with Crippen LogP contribution in [0.1, 0.15) is 63.3 Å². The van der Waals surface area contributed by atoms with Crippen molar-refractivity contribution < 1.29 is 9.84 Å². The Bertz CT molecular complexity index is 524. The van der Waals surface area contributed by atoms with Gasteiger partial charge in [-0.2, -0.15) is 0 Å². The summed E-state index contributed by atoms with van der Waals surface area (Å²) in [4.78, 5) is 2.37. The molecule has 0 saturated carbocycles. The number of likely N-dealkylation sites (N-methyl/N-ethyl adjacent to an activating group) is 1. The fraction of sp³-hybridized carbons (Fsp3) is 0.684. The first kappa shape index (κ1) is 17.3. The zero-order chi connectivity index (χ0) is 16.5. The molecule has 0 radical (unpaired) electrons. The second-order valence-electron chi connectivity index (χ2n) is 7.08. The predicted octanol–water partition coefficient (Wildman–Crippen LogP) is 4.00. The lowest BCUT2D eigenvalue weighted by molar-refractivity contribution is -0.0820. The molecule has 2 rings (SSSR count). The summed E-state index contributed by atoms with van der Waals surface area (Å²) in [6.07, 6.45) is 1.80. The highest BCUT2D eigenvalue weighted by molar-refractivity contribution is 5.48. The van der Waals surface area contributed by atoms with E-state index in [0.717, 1.165) is 42.8 Å². The lowest BCUT2D eigenvalue weighted by atomic mass is 9.83. The van der Waals surface area contributed by atoms with E-state index in [4.69, 9.17) is 4.74 Å². The van der Waals surface area contributed by atoms with Crippen molar-refractivity contribution in [3.05, 3.63) is 28.8 Å². The summed E-state index contributed by atoms with van der Waals surface area (Å²) in [6, 6.07) is 4.18. The van der Waals surface area contributed by atoms with Crippen LogP contribution in [0, 0.1) is 13.8 Å². The molecule has 3 nitrogen and oxygen atoms in total. The normalized spacial score (nSPS) is 23.3. The number of aryl methyl sites for hydroxylation is 2. The molecule has 0 saturated heterocycles. The van der Waals surface area contributed by atoms with Crippen LogP contribution in [0.5, 0.6) is 5.75 Å². The summed E-state index contributed by atoms with van der Waals surface area (Å²) in [5.41, 5.74) is 2.82. The Morgan fingerprint density at radius 3 is 2.50 bits per heavy atom. The second kappa shape index (κ2) is 6.59. The Kier molecular flexibility index (Phi) is 5.18. The van der Waals surface area contributed by atoms with Crippen molar-refractivity contribution in [2.24, 2.45) is 0 Å². The van der Waals surface area contributed by atoms with Crippen LogP contribution >= 0.6 is 0 Å². The van der Waals surface area contributed by atoms with E-state index in [-0.39, 0.29) is 6.04 Å². The molecule has 124 valence electrons. The molecular formula is C19H31NO2. The lowest BCUT2D eigenvalue weighted by Crippen LogP contribution is -2.58. The van der Waals surface area contributed by atoms with Crippen LogP contribution in [0.4, 0.5) is 0 Å². The maximum absolute atomic E-state index is 11.1.